The van der Waals surface area contributed by atoms with E-state index in [1.165, 1.54) is 0 Å². The first-order valence-corrected chi connectivity index (χ1v) is 10.1. The molecular weight excluding hydrogens is 390 g/mol. The first-order valence-electron chi connectivity index (χ1n) is 9.73. The average molecular weight is 416 g/mol. The Morgan fingerprint density at radius 3 is 2.76 bits per heavy atom. The Balaban J connectivity index is 1.48. The summed E-state index contributed by atoms with van der Waals surface area (Å²) in [7, 11) is 1.63. The van der Waals surface area contributed by atoms with Crippen LogP contribution in [0.4, 0.5) is 5.69 Å². The number of likely N-dealkylation sites (tertiary alicyclic amines) is 1. The van der Waals surface area contributed by atoms with E-state index in [4.69, 9.17) is 16.3 Å². The standard InChI is InChI=1S/C22H26ClN3O3/c1-29-20-4-2-3-16(13-20)15-26-12-11-19(9-10-22(26)28)25-21(27)14-24-18-7-5-17(23)6-8-18/h2-8,13,19,24H,9-12,14-15H2,1H3,(H,25,27). The molecule has 1 aliphatic heterocycles. The van der Waals surface area contributed by atoms with Crippen LogP contribution in [-0.4, -0.2) is 43.0 Å². The lowest BCUT2D eigenvalue weighted by atomic mass is 10.1. The monoisotopic (exact) mass is 415 g/mol. The van der Waals surface area contributed by atoms with Crippen LogP contribution in [0.25, 0.3) is 0 Å². The number of nitrogens with one attached hydrogen (secondary N) is 2. The van der Waals surface area contributed by atoms with Gasteiger partial charge in [-0.2, -0.15) is 0 Å². The Bertz CT molecular complexity index is 841. The van der Waals surface area contributed by atoms with E-state index in [0.717, 1.165) is 23.4 Å². The van der Waals surface area contributed by atoms with Gasteiger partial charge in [0.25, 0.3) is 0 Å². The fourth-order valence-corrected chi connectivity index (χ4v) is 3.49. The SMILES string of the molecule is COc1cccc(CN2CCC(NC(=O)CNc3ccc(Cl)cc3)CCC2=O)c1. The quantitative estimate of drug-likeness (QED) is 0.726. The first kappa shape index (κ1) is 21.0. The van der Waals surface area contributed by atoms with Crippen molar-refractivity contribution in [3.05, 3.63) is 59.1 Å². The number of carbonyl (C=O) groups excluding carboxylic acids is 2. The van der Waals surface area contributed by atoms with Gasteiger partial charge in [0, 0.05) is 36.3 Å². The summed E-state index contributed by atoms with van der Waals surface area (Å²) >= 11 is 5.86. The van der Waals surface area contributed by atoms with Crippen LogP contribution in [0.3, 0.4) is 0 Å². The van der Waals surface area contributed by atoms with Crippen molar-refractivity contribution >= 4 is 29.1 Å². The predicted octanol–water partition coefficient (Wildman–Crippen LogP) is 3.46. The maximum atomic E-state index is 12.5. The third kappa shape index (κ3) is 6.39. The number of benzene rings is 2. The van der Waals surface area contributed by atoms with Gasteiger partial charge >= 0.3 is 0 Å². The zero-order valence-corrected chi connectivity index (χ0v) is 17.2. The molecule has 1 aliphatic rings. The van der Waals surface area contributed by atoms with Gasteiger partial charge in [-0.3, -0.25) is 9.59 Å². The number of amides is 2. The molecule has 1 heterocycles. The minimum absolute atomic E-state index is 0.00576. The van der Waals surface area contributed by atoms with Crippen molar-refractivity contribution in [2.75, 3.05) is 25.5 Å². The van der Waals surface area contributed by atoms with Gasteiger partial charge in [-0.1, -0.05) is 23.7 Å². The van der Waals surface area contributed by atoms with Crippen LogP contribution < -0.4 is 15.4 Å². The molecular formula is C22H26ClN3O3. The highest BCUT2D eigenvalue weighted by Gasteiger charge is 2.23. The molecule has 1 atom stereocenters. The van der Waals surface area contributed by atoms with Crippen LogP contribution in [-0.2, 0) is 16.1 Å². The summed E-state index contributed by atoms with van der Waals surface area (Å²) in [6, 6.07) is 14.9. The van der Waals surface area contributed by atoms with Crippen molar-refractivity contribution in [2.24, 2.45) is 0 Å². The van der Waals surface area contributed by atoms with E-state index < -0.39 is 0 Å². The van der Waals surface area contributed by atoms with Crippen molar-refractivity contribution < 1.29 is 14.3 Å². The third-order valence-corrected chi connectivity index (χ3v) is 5.23. The summed E-state index contributed by atoms with van der Waals surface area (Å²) in [6.45, 7) is 1.35. The lowest BCUT2D eigenvalue weighted by Crippen LogP contribution is -2.39. The van der Waals surface area contributed by atoms with Gasteiger partial charge in [0.1, 0.15) is 5.75 Å². The van der Waals surface area contributed by atoms with E-state index in [9.17, 15) is 9.59 Å². The van der Waals surface area contributed by atoms with E-state index in [2.05, 4.69) is 10.6 Å². The van der Waals surface area contributed by atoms with Crippen molar-refractivity contribution in [1.29, 1.82) is 0 Å². The molecule has 0 saturated carbocycles. The van der Waals surface area contributed by atoms with Gasteiger partial charge in [-0.05, 0) is 54.8 Å². The lowest BCUT2D eigenvalue weighted by molar-refractivity contribution is -0.131. The van der Waals surface area contributed by atoms with Crippen LogP contribution in [0, 0.1) is 0 Å². The maximum Gasteiger partial charge on any atom is 0.239 e. The van der Waals surface area contributed by atoms with E-state index in [1.807, 2.05) is 41.3 Å². The normalized spacial score (nSPS) is 16.8. The molecule has 0 spiro atoms. The molecule has 2 amide bonds. The number of hydrogen-bond donors (Lipinski definition) is 2. The van der Waals surface area contributed by atoms with Gasteiger partial charge in [0.05, 0.1) is 13.7 Å². The second kappa shape index (κ2) is 10.2. The molecule has 0 bridgehead atoms. The maximum absolute atomic E-state index is 12.5. The van der Waals surface area contributed by atoms with Crippen molar-refractivity contribution in [3.63, 3.8) is 0 Å². The van der Waals surface area contributed by atoms with Crippen LogP contribution in [0.2, 0.25) is 5.02 Å². The highest BCUT2D eigenvalue weighted by atomic mass is 35.5. The number of rotatable bonds is 7. The minimum Gasteiger partial charge on any atom is -0.497 e. The molecule has 7 heteroatoms. The Labute approximate surface area is 176 Å². The van der Waals surface area contributed by atoms with Crippen molar-refractivity contribution in [3.8, 4) is 5.75 Å². The number of methoxy groups -OCH3 is 1. The first-order chi connectivity index (χ1) is 14.0. The molecule has 0 radical (unpaired) electrons. The fourth-order valence-electron chi connectivity index (χ4n) is 3.37. The topological polar surface area (TPSA) is 70.7 Å². The molecule has 3 rings (SSSR count). The second-order valence-electron chi connectivity index (χ2n) is 7.12. The van der Waals surface area contributed by atoms with Crippen LogP contribution >= 0.6 is 11.6 Å². The van der Waals surface area contributed by atoms with Gasteiger partial charge in [0.15, 0.2) is 0 Å². The Morgan fingerprint density at radius 1 is 1.21 bits per heavy atom. The molecule has 0 aromatic heterocycles. The minimum atomic E-state index is -0.0846. The molecule has 1 saturated heterocycles. The number of ether oxygens (including phenoxy) is 1. The smallest absolute Gasteiger partial charge is 0.239 e. The molecule has 0 aliphatic carbocycles. The summed E-state index contributed by atoms with van der Waals surface area (Å²) in [5, 5.41) is 6.77. The van der Waals surface area contributed by atoms with Crippen LogP contribution in [0.15, 0.2) is 48.5 Å². The summed E-state index contributed by atoms with van der Waals surface area (Å²) in [5.74, 6) is 0.811. The van der Waals surface area contributed by atoms with E-state index >= 15 is 0 Å². The molecule has 1 unspecified atom stereocenters. The molecule has 154 valence electrons. The number of halogens is 1. The number of hydrogen-bond acceptors (Lipinski definition) is 4. The zero-order chi connectivity index (χ0) is 20.6. The number of carbonyl (C=O) groups is 2. The fraction of sp³-hybridized carbons (Fsp3) is 0.364. The zero-order valence-electron chi connectivity index (χ0n) is 16.5. The third-order valence-electron chi connectivity index (χ3n) is 4.98. The average Bonchev–Trinajstić information content (AvgIpc) is 2.90. The Morgan fingerprint density at radius 2 is 2.00 bits per heavy atom. The molecule has 2 aromatic rings. The van der Waals surface area contributed by atoms with Crippen molar-refractivity contribution in [1.82, 2.24) is 10.2 Å². The Kier molecular flexibility index (Phi) is 7.36. The Hall–Kier alpha value is -2.73. The molecule has 29 heavy (non-hydrogen) atoms. The van der Waals surface area contributed by atoms with Gasteiger partial charge in [0.2, 0.25) is 11.8 Å². The van der Waals surface area contributed by atoms with Crippen LogP contribution in [0.5, 0.6) is 5.75 Å². The van der Waals surface area contributed by atoms with Gasteiger partial charge in [-0.25, -0.2) is 0 Å². The highest BCUT2D eigenvalue weighted by molar-refractivity contribution is 6.30. The second-order valence-corrected chi connectivity index (χ2v) is 7.56. The summed E-state index contributed by atoms with van der Waals surface area (Å²) in [6.07, 6.45) is 1.82. The predicted molar refractivity (Wildman–Crippen MR) is 114 cm³/mol. The number of nitrogens with zero attached hydrogens (tertiary/aromatic N) is 1. The number of anilines is 1. The molecule has 6 nitrogen and oxygen atoms in total. The van der Waals surface area contributed by atoms with E-state index in [-0.39, 0.29) is 24.4 Å². The summed E-state index contributed by atoms with van der Waals surface area (Å²) in [5.41, 5.74) is 1.87. The highest BCUT2D eigenvalue weighted by Crippen LogP contribution is 2.18. The van der Waals surface area contributed by atoms with E-state index in [1.54, 1.807) is 19.2 Å². The van der Waals surface area contributed by atoms with Crippen LogP contribution in [0.1, 0.15) is 24.8 Å². The summed E-state index contributed by atoms with van der Waals surface area (Å²) < 4.78 is 5.25. The van der Waals surface area contributed by atoms with E-state index in [0.29, 0.717) is 31.0 Å². The molecule has 2 aromatic carbocycles. The van der Waals surface area contributed by atoms with Gasteiger partial charge in [-0.15, -0.1) is 0 Å². The van der Waals surface area contributed by atoms with Crippen molar-refractivity contribution in [2.45, 2.75) is 31.8 Å². The molecule has 1 fully saturated rings. The lowest BCUT2D eigenvalue weighted by Gasteiger charge is -2.21. The largest absolute Gasteiger partial charge is 0.497 e. The molecule has 2 N–H and O–H groups in total. The van der Waals surface area contributed by atoms with Gasteiger partial charge < -0.3 is 20.3 Å². The summed E-state index contributed by atoms with van der Waals surface area (Å²) in [4.78, 5) is 26.6.